The van der Waals surface area contributed by atoms with Crippen LogP contribution in [0, 0.1) is 18.3 Å². The molecule has 2 rings (SSSR count). The Bertz CT molecular complexity index is 511. The molecule has 1 aliphatic carbocycles. The molecule has 4 heteroatoms. The van der Waals surface area contributed by atoms with E-state index in [2.05, 4.69) is 11.4 Å². The number of carbonyl (C=O) groups is 1. The highest BCUT2D eigenvalue weighted by Gasteiger charge is 2.35. The lowest BCUT2D eigenvalue weighted by molar-refractivity contribution is 0.0919. The number of nitriles is 1. The first-order valence-corrected chi connectivity index (χ1v) is 6.10. The summed E-state index contributed by atoms with van der Waals surface area (Å²) in [7, 11) is 0. The van der Waals surface area contributed by atoms with Crippen LogP contribution in [0.15, 0.2) is 18.2 Å². The summed E-state index contributed by atoms with van der Waals surface area (Å²) in [5.74, 6) is -0.188. The molecular weight excluding hydrogens is 228 g/mol. The van der Waals surface area contributed by atoms with Crippen molar-refractivity contribution in [2.75, 3.05) is 0 Å². The third-order valence-electron chi connectivity index (χ3n) is 3.57. The summed E-state index contributed by atoms with van der Waals surface area (Å²) in [6, 6.07) is 7.05. The number of hydrogen-bond donors (Lipinski definition) is 2. The Labute approximate surface area is 106 Å². The number of amides is 1. The average Bonchev–Trinajstić information content (AvgIpc) is 2.81. The number of hydrogen-bond acceptors (Lipinski definition) is 3. The molecule has 0 aromatic heterocycles. The summed E-state index contributed by atoms with van der Waals surface area (Å²) in [6.45, 7) is 1.69. The van der Waals surface area contributed by atoms with Gasteiger partial charge >= 0.3 is 0 Å². The van der Waals surface area contributed by atoms with Crippen molar-refractivity contribution in [3.05, 3.63) is 29.3 Å². The molecule has 0 spiro atoms. The topological polar surface area (TPSA) is 73.1 Å². The van der Waals surface area contributed by atoms with E-state index in [9.17, 15) is 15.2 Å². The van der Waals surface area contributed by atoms with E-state index >= 15 is 0 Å². The second-order valence-electron chi connectivity index (χ2n) is 4.80. The molecule has 18 heavy (non-hydrogen) atoms. The zero-order chi connectivity index (χ0) is 13.2. The molecule has 1 saturated carbocycles. The highest BCUT2D eigenvalue weighted by molar-refractivity contribution is 5.96. The van der Waals surface area contributed by atoms with Crippen molar-refractivity contribution in [3.63, 3.8) is 0 Å². The van der Waals surface area contributed by atoms with Gasteiger partial charge < -0.3 is 10.4 Å². The first-order chi connectivity index (χ1) is 8.58. The van der Waals surface area contributed by atoms with Crippen molar-refractivity contribution < 1.29 is 9.90 Å². The van der Waals surface area contributed by atoms with Crippen LogP contribution in [0.4, 0.5) is 0 Å². The molecular formula is C14H16N2O2. The molecule has 2 N–H and O–H groups in total. The quantitative estimate of drug-likeness (QED) is 0.838. The second kappa shape index (κ2) is 4.69. The predicted molar refractivity (Wildman–Crippen MR) is 67.1 cm³/mol. The SMILES string of the molecule is Cc1c(O)cccc1C(=O)NC1(C#N)CCCC1. The lowest BCUT2D eigenvalue weighted by Gasteiger charge is -2.22. The van der Waals surface area contributed by atoms with E-state index in [1.807, 2.05) is 0 Å². The van der Waals surface area contributed by atoms with Crippen LogP contribution in [0.3, 0.4) is 0 Å². The molecule has 1 aliphatic rings. The molecule has 0 aliphatic heterocycles. The van der Waals surface area contributed by atoms with Crippen LogP contribution < -0.4 is 5.32 Å². The fourth-order valence-corrected chi connectivity index (χ4v) is 2.40. The minimum Gasteiger partial charge on any atom is -0.508 e. The van der Waals surface area contributed by atoms with E-state index in [0.717, 1.165) is 12.8 Å². The zero-order valence-corrected chi connectivity index (χ0v) is 10.4. The van der Waals surface area contributed by atoms with Crippen LogP contribution in [-0.2, 0) is 0 Å². The minimum atomic E-state index is -0.727. The average molecular weight is 244 g/mol. The van der Waals surface area contributed by atoms with Gasteiger partial charge in [0, 0.05) is 11.1 Å². The number of nitrogens with zero attached hydrogens (tertiary/aromatic N) is 1. The molecule has 0 bridgehead atoms. The first kappa shape index (κ1) is 12.4. The van der Waals surface area contributed by atoms with Gasteiger partial charge in [-0.25, -0.2) is 0 Å². The van der Waals surface area contributed by atoms with Crippen molar-refractivity contribution in [1.29, 1.82) is 5.26 Å². The molecule has 94 valence electrons. The first-order valence-electron chi connectivity index (χ1n) is 6.10. The number of aromatic hydroxyl groups is 1. The largest absolute Gasteiger partial charge is 0.508 e. The van der Waals surface area contributed by atoms with E-state index in [0.29, 0.717) is 24.0 Å². The normalized spacial score (nSPS) is 17.1. The number of carbonyl (C=O) groups excluding carboxylic acids is 1. The van der Waals surface area contributed by atoms with Crippen molar-refractivity contribution in [2.24, 2.45) is 0 Å². The molecule has 0 heterocycles. The highest BCUT2D eigenvalue weighted by Crippen LogP contribution is 2.29. The fourth-order valence-electron chi connectivity index (χ4n) is 2.40. The monoisotopic (exact) mass is 244 g/mol. The van der Waals surface area contributed by atoms with Gasteiger partial charge in [-0.1, -0.05) is 6.07 Å². The van der Waals surface area contributed by atoms with Gasteiger partial charge in [0.25, 0.3) is 5.91 Å². The van der Waals surface area contributed by atoms with Gasteiger partial charge in [0.1, 0.15) is 11.3 Å². The van der Waals surface area contributed by atoms with Crippen LogP contribution in [0.2, 0.25) is 0 Å². The van der Waals surface area contributed by atoms with E-state index in [1.54, 1.807) is 25.1 Å². The van der Waals surface area contributed by atoms with Gasteiger partial charge in [0.05, 0.1) is 6.07 Å². The summed E-state index contributed by atoms with van der Waals surface area (Å²) in [5, 5.41) is 21.6. The Hall–Kier alpha value is -2.02. The Kier molecular flexibility index (Phi) is 3.24. The summed E-state index contributed by atoms with van der Waals surface area (Å²) >= 11 is 0. The zero-order valence-electron chi connectivity index (χ0n) is 10.4. The lowest BCUT2D eigenvalue weighted by Crippen LogP contribution is -2.45. The minimum absolute atomic E-state index is 0.0973. The molecule has 1 aromatic rings. The van der Waals surface area contributed by atoms with Gasteiger partial charge in [0.2, 0.25) is 0 Å². The van der Waals surface area contributed by atoms with E-state index in [4.69, 9.17) is 0 Å². The third kappa shape index (κ3) is 2.17. The van der Waals surface area contributed by atoms with Crippen LogP contribution in [0.25, 0.3) is 0 Å². The molecule has 0 saturated heterocycles. The maximum Gasteiger partial charge on any atom is 0.252 e. The maximum absolute atomic E-state index is 12.2. The van der Waals surface area contributed by atoms with E-state index in [-0.39, 0.29) is 11.7 Å². The lowest BCUT2D eigenvalue weighted by atomic mass is 9.98. The Balaban J connectivity index is 2.22. The van der Waals surface area contributed by atoms with Gasteiger partial charge in [-0.2, -0.15) is 5.26 Å². The highest BCUT2D eigenvalue weighted by atomic mass is 16.3. The van der Waals surface area contributed by atoms with Gasteiger partial charge in [0.15, 0.2) is 0 Å². The maximum atomic E-state index is 12.2. The summed E-state index contributed by atoms with van der Waals surface area (Å²) < 4.78 is 0. The number of benzene rings is 1. The Morgan fingerprint density at radius 3 is 2.72 bits per heavy atom. The fraction of sp³-hybridized carbons (Fsp3) is 0.429. The summed E-state index contributed by atoms with van der Waals surface area (Å²) in [5.41, 5.74) is 0.243. The van der Waals surface area contributed by atoms with E-state index < -0.39 is 5.54 Å². The molecule has 0 radical (unpaired) electrons. The van der Waals surface area contributed by atoms with Gasteiger partial charge in [-0.05, 0) is 44.7 Å². The number of rotatable bonds is 2. The number of phenolic OH excluding ortho intramolecular Hbond substituents is 1. The molecule has 0 atom stereocenters. The Morgan fingerprint density at radius 2 is 2.11 bits per heavy atom. The molecule has 4 nitrogen and oxygen atoms in total. The number of phenols is 1. The van der Waals surface area contributed by atoms with Crippen LogP contribution in [0.5, 0.6) is 5.75 Å². The summed E-state index contributed by atoms with van der Waals surface area (Å²) in [6.07, 6.45) is 3.33. The van der Waals surface area contributed by atoms with Crippen LogP contribution in [0.1, 0.15) is 41.6 Å². The molecule has 1 aromatic carbocycles. The molecule has 1 fully saturated rings. The van der Waals surface area contributed by atoms with Crippen LogP contribution >= 0.6 is 0 Å². The predicted octanol–water partition coefficient (Wildman–Crippen LogP) is 2.27. The number of nitrogens with one attached hydrogen (secondary N) is 1. The third-order valence-corrected chi connectivity index (χ3v) is 3.57. The smallest absolute Gasteiger partial charge is 0.252 e. The van der Waals surface area contributed by atoms with Crippen LogP contribution in [-0.4, -0.2) is 16.6 Å². The standard InChI is InChI=1S/C14H16N2O2/c1-10-11(5-4-6-12(10)17)13(18)16-14(9-15)7-2-3-8-14/h4-6,17H,2-3,7-8H2,1H3,(H,16,18). The second-order valence-corrected chi connectivity index (χ2v) is 4.80. The molecule has 0 unspecified atom stereocenters. The molecule has 1 amide bonds. The van der Waals surface area contributed by atoms with Crippen molar-refractivity contribution in [3.8, 4) is 11.8 Å². The van der Waals surface area contributed by atoms with E-state index in [1.165, 1.54) is 0 Å². The Morgan fingerprint density at radius 1 is 1.44 bits per heavy atom. The van der Waals surface area contributed by atoms with Crippen molar-refractivity contribution >= 4 is 5.91 Å². The van der Waals surface area contributed by atoms with Crippen molar-refractivity contribution in [2.45, 2.75) is 38.1 Å². The van der Waals surface area contributed by atoms with Gasteiger partial charge in [-0.15, -0.1) is 0 Å². The van der Waals surface area contributed by atoms with Crippen molar-refractivity contribution in [1.82, 2.24) is 5.32 Å². The summed E-state index contributed by atoms with van der Waals surface area (Å²) in [4.78, 5) is 12.2. The van der Waals surface area contributed by atoms with Gasteiger partial charge in [-0.3, -0.25) is 4.79 Å².